The molecule has 8 heteroatoms. The lowest BCUT2D eigenvalue weighted by atomic mass is 10.1. The first-order chi connectivity index (χ1) is 15.0. The Morgan fingerprint density at radius 2 is 1.81 bits per heavy atom. The van der Waals surface area contributed by atoms with Crippen LogP contribution in [0.1, 0.15) is 11.1 Å². The van der Waals surface area contributed by atoms with E-state index in [1.807, 2.05) is 6.07 Å². The van der Waals surface area contributed by atoms with Crippen molar-refractivity contribution in [2.45, 2.75) is 19.9 Å². The van der Waals surface area contributed by atoms with Crippen LogP contribution in [0.3, 0.4) is 0 Å². The van der Waals surface area contributed by atoms with Gasteiger partial charge in [0.05, 0.1) is 24.9 Å². The van der Waals surface area contributed by atoms with E-state index in [-0.39, 0.29) is 5.82 Å². The minimum Gasteiger partial charge on any atom is -0.378 e. The van der Waals surface area contributed by atoms with E-state index in [9.17, 15) is 4.39 Å². The highest BCUT2D eigenvalue weighted by atomic mass is 19.1. The topological polar surface area (TPSA) is 58.5 Å². The molecule has 1 N–H and O–H groups in total. The van der Waals surface area contributed by atoms with Crippen LogP contribution < -0.4 is 10.2 Å². The van der Waals surface area contributed by atoms with E-state index in [4.69, 9.17) is 4.74 Å². The zero-order chi connectivity index (χ0) is 21.4. The fraction of sp³-hybridized carbons (Fsp3) is 0.391. The van der Waals surface area contributed by atoms with Gasteiger partial charge in [-0.15, -0.1) is 5.10 Å². The van der Waals surface area contributed by atoms with E-state index < -0.39 is 0 Å². The van der Waals surface area contributed by atoms with Crippen LogP contribution >= 0.6 is 0 Å². The molecular weight excluding hydrogens is 395 g/mol. The average molecular weight is 423 g/mol. The van der Waals surface area contributed by atoms with Gasteiger partial charge in [-0.1, -0.05) is 6.07 Å². The van der Waals surface area contributed by atoms with Crippen LogP contribution in [0.5, 0.6) is 0 Å². The number of piperazine rings is 1. The monoisotopic (exact) mass is 422 g/mol. The molecule has 0 aliphatic carbocycles. The largest absolute Gasteiger partial charge is 0.378 e. The molecule has 2 saturated heterocycles. The predicted octanol–water partition coefficient (Wildman–Crippen LogP) is 3.29. The van der Waals surface area contributed by atoms with Crippen LogP contribution in [0.2, 0.25) is 0 Å². The van der Waals surface area contributed by atoms with E-state index >= 15 is 0 Å². The molecule has 2 aliphatic rings. The zero-order valence-corrected chi connectivity index (χ0v) is 17.9. The molecule has 0 atom stereocenters. The van der Waals surface area contributed by atoms with Crippen molar-refractivity contribution in [3.8, 4) is 5.69 Å². The van der Waals surface area contributed by atoms with Gasteiger partial charge in [0, 0.05) is 37.6 Å². The van der Waals surface area contributed by atoms with Gasteiger partial charge in [0.25, 0.3) is 0 Å². The summed E-state index contributed by atoms with van der Waals surface area (Å²) in [6, 6.07) is 12.1. The van der Waals surface area contributed by atoms with E-state index in [0.717, 1.165) is 45.1 Å². The molecule has 0 bridgehead atoms. The van der Waals surface area contributed by atoms with Crippen molar-refractivity contribution in [3.05, 3.63) is 59.7 Å². The van der Waals surface area contributed by atoms with Gasteiger partial charge in [-0.25, -0.2) is 9.07 Å². The van der Waals surface area contributed by atoms with E-state index in [0.29, 0.717) is 23.2 Å². The van der Waals surface area contributed by atoms with Crippen LogP contribution in [-0.4, -0.2) is 65.1 Å². The highest BCUT2D eigenvalue weighted by molar-refractivity contribution is 5.64. The van der Waals surface area contributed by atoms with Crippen LogP contribution in [0, 0.1) is 19.7 Å². The third-order valence-electron chi connectivity index (χ3n) is 6.05. The number of aromatic nitrogens is 3. The summed E-state index contributed by atoms with van der Waals surface area (Å²) in [5.41, 5.74) is 4.57. The Balaban J connectivity index is 1.28. The number of rotatable bonds is 5. The molecule has 0 spiro atoms. The molecule has 0 unspecified atom stereocenters. The lowest BCUT2D eigenvalue weighted by Gasteiger charge is -2.43. The molecule has 2 aromatic carbocycles. The molecule has 3 aromatic rings. The first-order valence-corrected chi connectivity index (χ1v) is 10.7. The summed E-state index contributed by atoms with van der Waals surface area (Å²) >= 11 is 0. The summed E-state index contributed by atoms with van der Waals surface area (Å²) < 4.78 is 20.8. The second kappa shape index (κ2) is 8.28. The summed E-state index contributed by atoms with van der Waals surface area (Å²) in [4.78, 5) is 9.30. The standard InChI is InChI=1S/C23H27FN6O/c1-16-9-18(11-20(10-16)28-5-7-29(8-6-28)21-13-31-14-21)26-23-25-15-30(27-23)19-4-3-17(2)22(24)12-19/h3-4,9-12,15,21H,5-8,13-14H2,1-2H3,(H,26,27). The summed E-state index contributed by atoms with van der Waals surface area (Å²) in [6.07, 6.45) is 1.59. The number of benzene rings is 2. The lowest BCUT2D eigenvalue weighted by molar-refractivity contribution is -0.0660. The Bertz CT molecular complexity index is 1070. The fourth-order valence-corrected chi connectivity index (χ4v) is 4.10. The van der Waals surface area contributed by atoms with Crippen molar-refractivity contribution in [3.63, 3.8) is 0 Å². The predicted molar refractivity (Wildman–Crippen MR) is 119 cm³/mol. The molecule has 31 heavy (non-hydrogen) atoms. The van der Waals surface area contributed by atoms with E-state index in [1.54, 1.807) is 24.0 Å². The van der Waals surface area contributed by atoms with Gasteiger partial charge in [-0.2, -0.15) is 4.98 Å². The van der Waals surface area contributed by atoms with Crippen LogP contribution in [-0.2, 0) is 4.74 Å². The molecule has 162 valence electrons. The molecular formula is C23H27FN6O. The molecule has 2 aliphatic heterocycles. The van der Waals surface area contributed by atoms with Gasteiger partial charge in [0.2, 0.25) is 5.95 Å². The molecule has 0 radical (unpaired) electrons. The second-order valence-electron chi connectivity index (χ2n) is 8.34. The van der Waals surface area contributed by atoms with Crippen molar-refractivity contribution in [1.29, 1.82) is 0 Å². The smallest absolute Gasteiger partial charge is 0.246 e. The molecule has 7 nitrogen and oxygen atoms in total. The molecule has 0 saturated carbocycles. The van der Waals surface area contributed by atoms with Gasteiger partial charge in [0.15, 0.2) is 0 Å². The quantitative estimate of drug-likeness (QED) is 0.681. The Morgan fingerprint density at radius 1 is 1.00 bits per heavy atom. The first kappa shape index (κ1) is 20.0. The number of aryl methyl sites for hydroxylation is 2. The molecule has 5 rings (SSSR count). The van der Waals surface area contributed by atoms with E-state index in [2.05, 4.69) is 50.3 Å². The summed E-state index contributed by atoms with van der Waals surface area (Å²) in [6.45, 7) is 9.70. The fourth-order valence-electron chi connectivity index (χ4n) is 4.10. The molecule has 2 fully saturated rings. The van der Waals surface area contributed by atoms with Crippen LogP contribution in [0.15, 0.2) is 42.7 Å². The van der Waals surface area contributed by atoms with Crippen molar-refractivity contribution < 1.29 is 9.13 Å². The Hall–Kier alpha value is -2.97. The van der Waals surface area contributed by atoms with Crippen molar-refractivity contribution in [1.82, 2.24) is 19.7 Å². The maximum absolute atomic E-state index is 13.9. The Labute approximate surface area is 181 Å². The van der Waals surface area contributed by atoms with Gasteiger partial charge in [-0.3, -0.25) is 4.90 Å². The van der Waals surface area contributed by atoms with Gasteiger partial charge >= 0.3 is 0 Å². The van der Waals surface area contributed by atoms with E-state index in [1.165, 1.54) is 17.3 Å². The lowest BCUT2D eigenvalue weighted by Crippen LogP contribution is -2.56. The van der Waals surface area contributed by atoms with Crippen LogP contribution in [0.25, 0.3) is 5.69 Å². The minimum atomic E-state index is -0.254. The van der Waals surface area contributed by atoms with Crippen molar-refractivity contribution in [2.75, 3.05) is 49.6 Å². The van der Waals surface area contributed by atoms with Gasteiger partial charge < -0.3 is 15.0 Å². The Kier molecular flexibility index (Phi) is 5.33. The molecule has 0 amide bonds. The number of nitrogens with zero attached hydrogens (tertiary/aromatic N) is 5. The third kappa shape index (κ3) is 4.26. The molecule has 1 aromatic heterocycles. The Morgan fingerprint density at radius 3 is 2.52 bits per heavy atom. The zero-order valence-electron chi connectivity index (χ0n) is 17.9. The van der Waals surface area contributed by atoms with Gasteiger partial charge in [0.1, 0.15) is 12.1 Å². The number of anilines is 3. The SMILES string of the molecule is Cc1cc(Nc2ncn(-c3ccc(C)c(F)c3)n2)cc(N2CCN(C3COC3)CC2)c1. The number of ether oxygens (including phenoxy) is 1. The third-order valence-corrected chi connectivity index (χ3v) is 6.05. The van der Waals surface area contributed by atoms with Crippen molar-refractivity contribution in [2.24, 2.45) is 0 Å². The highest BCUT2D eigenvalue weighted by Crippen LogP contribution is 2.26. The first-order valence-electron chi connectivity index (χ1n) is 10.7. The second-order valence-corrected chi connectivity index (χ2v) is 8.34. The maximum Gasteiger partial charge on any atom is 0.246 e. The normalized spacial score (nSPS) is 17.6. The van der Waals surface area contributed by atoms with Gasteiger partial charge in [-0.05, 0) is 55.3 Å². The highest BCUT2D eigenvalue weighted by Gasteiger charge is 2.29. The van der Waals surface area contributed by atoms with Crippen LogP contribution in [0.4, 0.5) is 21.7 Å². The number of hydrogen-bond donors (Lipinski definition) is 1. The minimum absolute atomic E-state index is 0.254. The number of halogens is 1. The average Bonchev–Trinajstić information content (AvgIpc) is 3.17. The number of hydrogen-bond acceptors (Lipinski definition) is 6. The molecule has 3 heterocycles. The summed E-state index contributed by atoms with van der Waals surface area (Å²) in [5, 5.41) is 7.75. The maximum atomic E-state index is 13.9. The summed E-state index contributed by atoms with van der Waals surface area (Å²) in [7, 11) is 0. The number of nitrogens with one attached hydrogen (secondary N) is 1. The van der Waals surface area contributed by atoms with Crippen molar-refractivity contribution >= 4 is 17.3 Å². The summed E-state index contributed by atoms with van der Waals surface area (Å²) in [5.74, 6) is 0.225.